The molecular weight excluding hydrogens is 382 g/mol. The summed E-state index contributed by atoms with van der Waals surface area (Å²) in [4.78, 5) is 53.0. The van der Waals surface area contributed by atoms with Gasteiger partial charge >= 0.3 is 0 Å². The molecule has 3 aliphatic rings. The summed E-state index contributed by atoms with van der Waals surface area (Å²) in [5.41, 5.74) is 1.47. The Balaban J connectivity index is 1.46. The molecule has 8 heteroatoms. The number of nitrogens with zero attached hydrogens (tertiary/aromatic N) is 5. The molecule has 154 valence electrons. The largest absolute Gasteiger partial charge is 0.357 e. The summed E-state index contributed by atoms with van der Waals surface area (Å²) in [7, 11) is 1.93. The summed E-state index contributed by atoms with van der Waals surface area (Å²) in [6.45, 7) is 0.956. The van der Waals surface area contributed by atoms with Crippen LogP contribution in [-0.2, 0) is 14.4 Å². The Labute approximate surface area is 174 Å². The zero-order valence-corrected chi connectivity index (χ0v) is 16.8. The molecule has 1 fully saturated rings. The number of amides is 3. The van der Waals surface area contributed by atoms with E-state index < -0.39 is 0 Å². The van der Waals surface area contributed by atoms with Crippen LogP contribution in [0.15, 0.2) is 36.4 Å². The van der Waals surface area contributed by atoms with E-state index in [9.17, 15) is 14.4 Å². The Morgan fingerprint density at radius 1 is 0.967 bits per heavy atom. The van der Waals surface area contributed by atoms with Gasteiger partial charge in [0.15, 0.2) is 11.6 Å². The molecule has 2 aromatic rings. The van der Waals surface area contributed by atoms with Gasteiger partial charge in [-0.25, -0.2) is 9.97 Å². The number of carbonyl (C=O) groups excluding carboxylic acids is 3. The number of anilines is 2. The van der Waals surface area contributed by atoms with E-state index >= 15 is 0 Å². The summed E-state index contributed by atoms with van der Waals surface area (Å²) in [6.07, 6.45) is 5.76. The molecule has 1 aromatic carbocycles. The molecule has 0 radical (unpaired) electrons. The lowest BCUT2D eigenvalue weighted by atomic mass is 9.85. The van der Waals surface area contributed by atoms with Gasteiger partial charge in [0, 0.05) is 20.1 Å². The monoisotopic (exact) mass is 405 g/mol. The second-order valence-electron chi connectivity index (χ2n) is 8.10. The van der Waals surface area contributed by atoms with E-state index in [0.29, 0.717) is 36.5 Å². The molecule has 0 spiro atoms. The number of hydrogen-bond donors (Lipinski definition) is 0. The Bertz CT molecular complexity index is 1060. The molecule has 1 aliphatic carbocycles. The Morgan fingerprint density at radius 2 is 1.57 bits per heavy atom. The summed E-state index contributed by atoms with van der Waals surface area (Å²) in [5.74, 6) is -0.320. The Hall–Kier alpha value is -3.29. The van der Waals surface area contributed by atoms with E-state index in [4.69, 9.17) is 9.97 Å². The van der Waals surface area contributed by atoms with Gasteiger partial charge in [0.1, 0.15) is 6.54 Å². The van der Waals surface area contributed by atoms with Crippen molar-refractivity contribution in [2.75, 3.05) is 36.5 Å². The minimum absolute atomic E-state index is 0.237. The average molecular weight is 405 g/mol. The van der Waals surface area contributed by atoms with Crippen LogP contribution in [0, 0.1) is 11.8 Å². The van der Waals surface area contributed by atoms with Crippen molar-refractivity contribution in [3.63, 3.8) is 0 Å². The highest BCUT2D eigenvalue weighted by molar-refractivity contribution is 6.09. The van der Waals surface area contributed by atoms with Crippen LogP contribution in [0.4, 0.5) is 11.6 Å². The van der Waals surface area contributed by atoms with Crippen molar-refractivity contribution in [2.24, 2.45) is 11.8 Å². The predicted molar refractivity (Wildman–Crippen MR) is 112 cm³/mol. The van der Waals surface area contributed by atoms with E-state index in [1.807, 2.05) is 48.4 Å². The van der Waals surface area contributed by atoms with Crippen molar-refractivity contribution < 1.29 is 14.4 Å². The second kappa shape index (κ2) is 7.19. The van der Waals surface area contributed by atoms with Crippen LogP contribution in [0.5, 0.6) is 0 Å². The number of imide groups is 1. The number of likely N-dealkylation sites (tertiary alicyclic amines) is 1. The van der Waals surface area contributed by atoms with Gasteiger partial charge < -0.3 is 4.90 Å². The fourth-order valence-corrected chi connectivity index (χ4v) is 4.58. The summed E-state index contributed by atoms with van der Waals surface area (Å²) in [5, 5.41) is 0. The topological polar surface area (TPSA) is 86.7 Å². The molecule has 0 saturated carbocycles. The number of carbonyl (C=O) groups is 3. The fourth-order valence-electron chi connectivity index (χ4n) is 4.58. The SMILES string of the molecule is CN1CCCN(C(=O)CN2C(=O)C3CC=CCC3C2=O)c2nc3ccccc3nc21. The quantitative estimate of drug-likeness (QED) is 0.559. The number of aromatic nitrogens is 2. The number of hydrogen-bond acceptors (Lipinski definition) is 6. The molecule has 8 nitrogen and oxygen atoms in total. The summed E-state index contributed by atoms with van der Waals surface area (Å²) in [6, 6.07) is 7.54. The van der Waals surface area contributed by atoms with E-state index in [0.717, 1.165) is 23.4 Å². The molecule has 1 aromatic heterocycles. The second-order valence-corrected chi connectivity index (χ2v) is 8.10. The van der Waals surface area contributed by atoms with Gasteiger partial charge in [-0.3, -0.25) is 24.2 Å². The molecule has 2 atom stereocenters. The van der Waals surface area contributed by atoms with E-state index in [-0.39, 0.29) is 36.1 Å². The zero-order valence-electron chi connectivity index (χ0n) is 16.8. The van der Waals surface area contributed by atoms with Crippen LogP contribution in [0.1, 0.15) is 19.3 Å². The minimum atomic E-state index is -0.332. The van der Waals surface area contributed by atoms with Crippen molar-refractivity contribution in [2.45, 2.75) is 19.3 Å². The molecule has 1 saturated heterocycles. The predicted octanol–water partition coefficient (Wildman–Crippen LogP) is 1.75. The summed E-state index contributed by atoms with van der Waals surface area (Å²) >= 11 is 0. The van der Waals surface area contributed by atoms with E-state index in [1.54, 1.807) is 4.90 Å². The summed E-state index contributed by atoms with van der Waals surface area (Å²) < 4.78 is 0. The van der Waals surface area contributed by atoms with Gasteiger partial charge in [0.2, 0.25) is 17.7 Å². The van der Waals surface area contributed by atoms with Crippen LogP contribution in [0.2, 0.25) is 0 Å². The number of para-hydroxylation sites is 2. The normalized spacial score (nSPS) is 23.6. The zero-order chi connectivity index (χ0) is 20.8. The van der Waals surface area contributed by atoms with Crippen LogP contribution in [-0.4, -0.2) is 59.3 Å². The molecule has 0 bridgehead atoms. The molecule has 3 amide bonds. The number of fused-ring (bicyclic) bond motifs is 3. The standard InChI is InChI=1S/C22H23N5O3/c1-25-11-6-12-26(20-19(25)23-16-9-4-5-10-17(16)24-20)18(28)13-27-21(29)14-7-2-3-8-15(14)22(27)30/h2-5,9-10,14-15H,6-8,11-13H2,1H3. The highest BCUT2D eigenvalue weighted by Crippen LogP contribution is 2.35. The maximum absolute atomic E-state index is 13.3. The van der Waals surface area contributed by atoms with Gasteiger partial charge in [-0.05, 0) is 31.4 Å². The molecular formula is C22H23N5O3. The number of benzene rings is 1. The van der Waals surface area contributed by atoms with Gasteiger partial charge in [0.25, 0.3) is 0 Å². The van der Waals surface area contributed by atoms with E-state index in [2.05, 4.69) is 0 Å². The van der Waals surface area contributed by atoms with Gasteiger partial charge in [0.05, 0.1) is 22.9 Å². The molecule has 30 heavy (non-hydrogen) atoms. The third-order valence-corrected chi connectivity index (χ3v) is 6.22. The van der Waals surface area contributed by atoms with Crippen LogP contribution in [0.25, 0.3) is 11.0 Å². The van der Waals surface area contributed by atoms with Crippen molar-refractivity contribution in [1.29, 1.82) is 0 Å². The van der Waals surface area contributed by atoms with Crippen molar-refractivity contribution in [3.05, 3.63) is 36.4 Å². The number of rotatable bonds is 2. The van der Waals surface area contributed by atoms with Crippen LogP contribution >= 0.6 is 0 Å². The average Bonchev–Trinajstić information content (AvgIpc) is 2.90. The maximum Gasteiger partial charge on any atom is 0.248 e. The molecule has 5 rings (SSSR count). The molecule has 2 unspecified atom stereocenters. The highest BCUT2D eigenvalue weighted by Gasteiger charge is 2.48. The lowest BCUT2D eigenvalue weighted by molar-refractivity contribution is -0.143. The highest BCUT2D eigenvalue weighted by atomic mass is 16.2. The lowest BCUT2D eigenvalue weighted by Crippen LogP contribution is -2.44. The third-order valence-electron chi connectivity index (χ3n) is 6.22. The lowest BCUT2D eigenvalue weighted by Gasteiger charge is -2.24. The first kappa shape index (κ1) is 18.7. The molecule has 2 aliphatic heterocycles. The smallest absolute Gasteiger partial charge is 0.248 e. The van der Waals surface area contributed by atoms with Crippen LogP contribution in [0.3, 0.4) is 0 Å². The van der Waals surface area contributed by atoms with Gasteiger partial charge in [-0.2, -0.15) is 0 Å². The number of allylic oxidation sites excluding steroid dienone is 2. The van der Waals surface area contributed by atoms with Crippen LogP contribution < -0.4 is 9.80 Å². The molecule has 3 heterocycles. The molecule has 0 N–H and O–H groups in total. The first-order valence-corrected chi connectivity index (χ1v) is 10.3. The first-order chi connectivity index (χ1) is 14.5. The van der Waals surface area contributed by atoms with Crippen molar-refractivity contribution >= 4 is 40.4 Å². The maximum atomic E-state index is 13.3. The van der Waals surface area contributed by atoms with Gasteiger partial charge in [-0.15, -0.1) is 0 Å². The fraction of sp³-hybridized carbons (Fsp3) is 0.409. The minimum Gasteiger partial charge on any atom is -0.357 e. The first-order valence-electron chi connectivity index (χ1n) is 10.3. The third kappa shape index (κ3) is 2.94. The van der Waals surface area contributed by atoms with E-state index in [1.165, 1.54) is 0 Å². The van der Waals surface area contributed by atoms with Gasteiger partial charge in [-0.1, -0.05) is 24.3 Å². The van der Waals surface area contributed by atoms with Crippen molar-refractivity contribution in [3.8, 4) is 0 Å². The Morgan fingerprint density at radius 3 is 2.20 bits per heavy atom. The van der Waals surface area contributed by atoms with Crippen molar-refractivity contribution in [1.82, 2.24) is 14.9 Å². The Kier molecular flexibility index (Phi) is 4.49.